The van der Waals surface area contributed by atoms with Crippen molar-refractivity contribution in [1.82, 2.24) is 4.90 Å². The first kappa shape index (κ1) is 8.24. The van der Waals surface area contributed by atoms with Crippen molar-refractivity contribution >= 4 is 0 Å². The maximum absolute atomic E-state index is 12.3. The van der Waals surface area contributed by atoms with Crippen molar-refractivity contribution in [3.05, 3.63) is 11.9 Å². The molecule has 0 radical (unpaired) electrons. The van der Waals surface area contributed by atoms with Gasteiger partial charge in [-0.3, -0.25) is 4.90 Å². The molecule has 1 nitrogen and oxygen atoms in total. The third-order valence-electron chi connectivity index (χ3n) is 3.50. The van der Waals surface area contributed by atoms with Gasteiger partial charge in [0.25, 0.3) is 0 Å². The van der Waals surface area contributed by atoms with Crippen molar-refractivity contribution in [2.75, 3.05) is 13.1 Å². The molecule has 2 heteroatoms. The molecule has 2 heterocycles. The van der Waals surface area contributed by atoms with Gasteiger partial charge in [0.15, 0.2) is 0 Å². The summed E-state index contributed by atoms with van der Waals surface area (Å²) in [6.45, 7) is 4.27. The summed E-state index contributed by atoms with van der Waals surface area (Å²) in [6, 6.07) is 0. The summed E-state index contributed by atoms with van der Waals surface area (Å²) >= 11 is 0. The van der Waals surface area contributed by atoms with E-state index in [0.29, 0.717) is 5.54 Å². The highest BCUT2D eigenvalue weighted by Gasteiger charge is 2.44. The highest BCUT2D eigenvalue weighted by molar-refractivity contribution is 5.18. The Bertz CT molecular complexity index is 212. The van der Waals surface area contributed by atoms with E-state index in [1.54, 1.807) is 0 Å². The number of nitrogens with zero attached hydrogens (tertiary/aromatic N) is 1. The monoisotopic (exact) mass is 169 g/mol. The molecule has 0 aromatic carbocycles. The predicted molar refractivity (Wildman–Crippen MR) is 47.6 cm³/mol. The van der Waals surface area contributed by atoms with E-state index in [0.717, 1.165) is 24.9 Å². The van der Waals surface area contributed by atoms with Gasteiger partial charge in [-0.25, -0.2) is 4.39 Å². The van der Waals surface area contributed by atoms with E-state index >= 15 is 0 Å². The van der Waals surface area contributed by atoms with Crippen molar-refractivity contribution in [3.63, 3.8) is 0 Å². The zero-order chi connectivity index (χ0) is 8.60. The lowest BCUT2D eigenvalue weighted by Crippen LogP contribution is -2.37. The first-order valence-corrected chi connectivity index (χ1v) is 4.84. The molecule has 0 unspecified atom stereocenters. The standard InChI is InChI=1S/C10H16FN/c1-2-10-4-3-5-12(10)8-9(6-10)7-11/h7H,2-6,8H2,1H3/b9-7+/t10-/m0/s1. The third-order valence-corrected chi connectivity index (χ3v) is 3.50. The van der Waals surface area contributed by atoms with E-state index in [2.05, 4.69) is 11.8 Å². The summed E-state index contributed by atoms with van der Waals surface area (Å²) in [5.41, 5.74) is 1.34. The Kier molecular flexibility index (Phi) is 1.95. The van der Waals surface area contributed by atoms with E-state index in [1.165, 1.54) is 25.8 Å². The van der Waals surface area contributed by atoms with Crippen molar-refractivity contribution < 1.29 is 4.39 Å². The number of halogens is 1. The molecule has 0 aliphatic carbocycles. The molecule has 2 saturated heterocycles. The van der Waals surface area contributed by atoms with Crippen LogP contribution in [0.4, 0.5) is 4.39 Å². The normalized spacial score (nSPS) is 39.3. The minimum absolute atomic E-state index is 0.345. The molecule has 1 atom stereocenters. The summed E-state index contributed by atoms with van der Waals surface area (Å²) in [5, 5.41) is 0. The van der Waals surface area contributed by atoms with Gasteiger partial charge in [-0.05, 0) is 37.8 Å². The molecule has 0 amide bonds. The first-order chi connectivity index (χ1) is 5.80. The Labute approximate surface area is 73.2 Å². The van der Waals surface area contributed by atoms with Crippen LogP contribution in [0.2, 0.25) is 0 Å². The van der Waals surface area contributed by atoms with Crippen molar-refractivity contribution in [2.24, 2.45) is 0 Å². The fraction of sp³-hybridized carbons (Fsp3) is 0.800. The molecule has 2 aliphatic rings. The van der Waals surface area contributed by atoms with Gasteiger partial charge in [0.1, 0.15) is 0 Å². The van der Waals surface area contributed by atoms with Gasteiger partial charge < -0.3 is 0 Å². The van der Waals surface area contributed by atoms with Gasteiger partial charge >= 0.3 is 0 Å². The molecule has 0 spiro atoms. The van der Waals surface area contributed by atoms with Crippen molar-refractivity contribution in [3.8, 4) is 0 Å². The van der Waals surface area contributed by atoms with Gasteiger partial charge in [0.2, 0.25) is 0 Å². The van der Waals surface area contributed by atoms with Crippen LogP contribution in [0.15, 0.2) is 11.9 Å². The molecular formula is C10H16FN. The van der Waals surface area contributed by atoms with Crippen LogP contribution in [0.25, 0.3) is 0 Å². The SMILES string of the molecule is CC[C@@]12CCCN1C/C(=C/F)C2. The average Bonchev–Trinajstić information content (AvgIpc) is 2.58. The van der Waals surface area contributed by atoms with Crippen molar-refractivity contribution in [2.45, 2.75) is 38.1 Å². The van der Waals surface area contributed by atoms with E-state index in [-0.39, 0.29) is 0 Å². The highest BCUT2D eigenvalue weighted by atomic mass is 19.1. The predicted octanol–water partition coefficient (Wildman–Crippen LogP) is 2.49. The molecule has 2 rings (SSSR count). The lowest BCUT2D eigenvalue weighted by Gasteiger charge is -2.29. The van der Waals surface area contributed by atoms with Gasteiger partial charge in [0, 0.05) is 12.1 Å². The highest BCUT2D eigenvalue weighted by Crippen LogP contribution is 2.43. The summed E-state index contributed by atoms with van der Waals surface area (Å²) < 4.78 is 12.3. The van der Waals surface area contributed by atoms with E-state index in [4.69, 9.17) is 0 Å². The molecule has 0 aromatic heterocycles. The number of hydrogen-bond donors (Lipinski definition) is 0. The first-order valence-electron chi connectivity index (χ1n) is 4.84. The quantitative estimate of drug-likeness (QED) is 0.583. The Hall–Kier alpha value is -0.370. The number of hydrogen-bond acceptors (Lipinski definition) is 1. The number of fused-ring (bicyclic) bond motifs is 1. The van der Waals surface area contributed by atoms with Crippen LogP contribution in [0, 0.1) is 0 Å². The molecular weight excluding hydrogens is 153 g/mol. The topological polar surface area (TPSA) is 3.24 Å². The molecule has 0 bridgehead atoms. The second kappa shape index (κ2) is 2.84. The molecule has 0 aromatic rings. The summed E-state index contributed by atoms with van der Waals surface area (Å²) in [5.74, 6) is 0. The molecule has 0 saturated carbocycles. The van der Waals surface area contributed by atoms with Crippen LogP contribution >= 0.6 is 0 Å². The summed E-state index contributed by atoms with van der Waals surface area (Å²) in [4.78, 5) is 2.46. The molecule has 12 heavy (non-hydrogen) atoms. The van der Waals surface area contributed by atoms with Gasteiger partial charge in [-0.15, -0.1) is 0 Å². The van der Waals surface area contributed by atoms with Crippen LogP contribution < -0.4 is 0 Å². The van der Waals surface area contributed by atoms with Crippen molar-refractivity contribution in [1.29, 1.82) is 0 Å². The summed E-state index contributed by atoms with van der Waals surface area (Å²) in [6.07, 6.45) is 5.52. The van der Waals surface area contributed by atoms with Gasteiger partial charge in [-0.2, -0.15) is 0 Å². The fourth-order valence-electron chi connectivity index (χ4n) is 2.76. The maximum atomic E-state index is 12.3. The molecule has 2 fully saturated rings. The minimum Gasteiger partial charge on any atom is -0.293 e. The summed E-state index contributed by atoms with van der Waals surface area (Å²) in [7, 11) is 0. The van der Waals surface area contributed by atoms with Gasteiger partial charge in [-0.1, -0.05) is 6.92 Å². The van der Waals surface area contributed by atoms with Crippen LogP contribution in [-0.4, -0.2) is 23.5 Å². The molecule has 68 valence electrons. The smallest absolute Gasteiger partial charge is 0.0872 e. The Morgan fingerprint density at radius 1 is 1.67 bits per heavy atom. The van der Waals surface area contributed by atoms with E-state index in [9.17, 15) is 4.39 Å². The molecule has 2 aliphatic heterocycles. The third kappa shape index (κ3) is 1.01. The largest absolute Gasteiger partial charge is 0.293 e. The second-order valence-corrected chi connectivity index (χ2v) is 4.05. The second-order valence-electron chi connectivity index (χ2n) is 4.05. The minimum atomic E-state index is 0.345. The van der Waals surface area contributed by atoms with E-state index in [1.807, 2.05) is 0 Å². The molecule has 0 N–H and O–H groups in total. The van der Waals surface area contributed by atoms with E-state index < -0.39 is 0 Å². The fourth-order valence-corrected chi connectivity index (χ4v) is 2.76. The average molecular weight is 169 g/mol. The maximum Gasteiger partial charge on any atom is 0.0872 e. The van der Waals surface area contributed by atoms with Crippen LogP contribution in [-0.2, 0) is 0 Å². The Balaban J connectivity index is 2.20. The lowest BCUT2D eigenvalue weighted by molar-refractivity contribution is 0.189. The van der Waals surface area contributed by atoms with Crippen LogP contribution in [0.1, 0.15) is 32.6 Å². The van der Waals surface area contributed by atoms with Crippen LogP contribution in [0.5, 0.6) is 0 Å². The Morgan fingerprint density at radius 3 is 3.08 bits per heavy atom. The lowest BCUT2D eigenvalue weighted by atomic mass is 9.90. The number of rotatable bonds is 1. The Morgan fingerprint density at radius 2 is 2.50 bits per heavy atom. The zero-order valence-electron chi connectivity index (χ0n) is 7.65. The van der Waals surface area contributed by atoms with Gasteiger partial charge in [0.05, 0.1) is 6.33 Å². The zero-order valence-corrected chi connectivity index (χ0v) is 7.65. The van der Waals surface area contributed by atoms with Crippen LogP contribution in [0.3, 0.4) is 0 Å².